The number of carbonyl (C=O) groups is 1. The molecule has 24 heavy (non-hydrogen) atoms. The van der Waals surface area contributed by atoms with Gasteiger partial charge in [-0.1, -0.05) is 0 Å². The van der Waals surface area contributed by atoms with Crippen LogP contribution in [0.2, 0.25) is 0 Å². The van der Waals surface area contributed by atoms with Crippen LogP contribution >= 0.6 is 0 Å². The highest BCUT2D eigenvalue weighted by atomic mass is 16.7. The van der Waals surface area contributed by atoms with Crippen LogP contribution in [0.5, 0.6) is 11.5 Å². The molecule has 0 bridgehead atoms. The van der Waals surface area contributed by atoms with Crippen LogP contribution in [-0.4, -0.2) is 69.2 Å². The van der Waals surface area contributed by atoms with Gasteiger partial charge in [0.2, 0.25) is 6.29 Å². The van der Waals surface area contributed by atoms with Crippen molar-refractivity contribution in [1.29, 1.82) is 0 Å². The Morgan fingerprint density at radius 2 is 1.92 bits per heavy atom. The summed E-state index contributed by atoms with van der Waals surface area (Å²) in [6.45, 7) is 0. The van der Waals surface area contributed by atoms with Crippen LogP contribution < -0.4 is 9.47 Å². The lowest BCUT2D eigenvalue weighted by Crippen LogP contribution is -2.61. The second-order valence-electron chi connectivity index (χ2n) is 5.42. The molecular formula is C15H17NO8. The van der Waals surface area contributed by atoms with Crippen LogP contribution in [0.4, 0.5) is 0 Å². The fraction of sp³-hybridized carbons (Fsp3) is 0.400. The molecule has 9 nitrogen and oxygen atoms in total. The molecule has 1 saturated heterocycles. The fourth-order valence-electron chi connectivity index (χ4n) is 2.59. The zero-order valence-electron chi connectivity index (χ0n) is 12.6. The van der Waals surface area contributed by atoms with Crippen LogP contribution in [0, 0.1) is 0 Å². The van der Waals surface area contributed by atoms with Gasteiger partial charge in [0.15, 0.2) is 17.6 Å². The molecule has 5 unspecified atom stereocenters. The summed E-state index contributed by atoms with van der Waals surface area (Å²) in [5, 5.41) is 39.4. The Hall–Kier alpha value is -2.33. The first-order valence-corrected chi connectivity index (χ1v) is 7.16. The summed E-state index contributed by atoms with van der Waals surface area (Å²) in [6, 6.07) is 5.11. The summed E-state index contributed by atoms with van der Waals surface area (Å²) in [6.07, 6.45) is -6.64. The van der Waals surface area contributed by atoms with Gasteiger partial charge in [0.1, 0.15) is 18.3 Å². The van der Waals surface area contributed by atoms with Crippen molar-refractivity contribution in [3.63, 3.8) is 0 Å². The van der Waals surface area contributed by atoms with Gasteiger partial charge < -0.3 is 39.6 Å². The van der Waals surface area contributed by atoms with Crippen LogP contribution in [0.15, 0.2) is 24.4 Å². The number of ether oxygens (including phenoxy) is 3. The summed E-state index contributed by atoms with van der Waals surface area (Å²) in [4.78, 5) is 14.1. The molecule has 0 radical (unpaired) electrons. The van der Waals surface area contributed by atoms with Crippen LogP contribution in [0.25, 0.3) is 10.9 Å². The Kier molecular flexibility index (Phi) is 4.33. The molecule has 0 saturated carbocycles. The molecule has 130 valence electrons. The smallest absolute Gasteiger partial charge is 0.335 e. The minimum absolute atomic E-state index is 0.184. The van der Waals surface area contributed by atoms with E-state index >= 15 is 0 Å². The number of H-pyrrole nitrogens is 1. The van der Waals surface area contributed by atoms with Gasteiger partial charge in [-0.2, -0.15) is 0 Å². The number of nitrogens with one attached hydrogen (secondary N) is 1. The van der Waals surface area contributed by atoms with E-state index in [1.165, 1.54) is 7.11 Å². The molecule has 1 aliphatic heterocycles. The highest BCUT2D eigenvalue weighted by molar-refractivity contribution is 5.83. The third-order valence-electron chi connectivity index (χ3n) is 3.89. The van der Waals surface area contributed by atoms with Crippen molar-refractivity contribution in [2.45, 2.75) is 30.7 Å². The van der Waals surface area contributed by atoms with Gasteiger partial charge in [-0.05, 0) is 12.1 Å². The third kappa shape index (κ3) is 2.78. The van der Waals surface area contributed by atoms with Gasteiger partial charge in [0.25, 0.3) is 0 Å². The summed E-state index contributed by atoms with van der Waals surface area (Å²) in [5.41, 5.74) is 0.728. The van der Waals surface area contributed by atoms with Gasteiger partial charge in [-0.3, -0.25) is 0 Å². The van der Waals surface area contributed by atoms with Gasteiger partial charge in [0.05, 0.1) is 7.11 Å². The van der Waals surface area contributed by atoms with E-state index in [0.717, 1.165) is 10.9 Å². The normalized spacial score (nSPS) is 30.2. The van der Waals surface area contributed by atoms with Crippen molar-refractivity contribution >= 4 is 16.9 Å². The first-order valence-electron chi connectivity index (χ1n) is 7.16. The zero-order chi connectivity index (χ0) is 17.4. The van der Waals surface area contributed by atoms with Crippen LogP contribution in [-0.2, 0) is 9.53 Å². The van der Waals surface area contributed by atoms with Gasteiger partial charge in [-0.15, -0.1) is 0 Å². The Bertz CT molecular complexity index is 744. The molecule has 9 heteroatoms. The molecule has 1 aromatic carbocycles. The molecule has 2 aromatic rings. The minimum atomic E-state index is -1.77. The second-order valence-corrected chi connectivity index (χ2v) is 5.42. The quantitative estimate of drug-likeness (QED) is 0.499. The lowest BCUT2D eigenvalue weighted by molar-refractivity contribution is -0.271. The second kappa shape index (κ2) is 6.29. The van der Waals surface area contributed by atoms with Gasteiger partial charge in [0, 0.05) is 23.2 Å². The summed E-state index contributed by atoms with van der Waals surface area (Å²) in [7, 11) is 1.43. The van der Waals surface area contributed by atoms with E-state index in [1.54, 1.807) is 18.3 Å². The van der Waals surface area contributed by atoms with Crippen molar-refractivity contribution in [2.24, 2.45) is 0 Å². The van der Waals surface area contributed by atoms with Crippen molar-refractivity contribution in [1.82, 2.24) is 4.98 Å². The number of aliphatic hydroxyl groups is 3. The lowest BCUT2D eigenvalue weighted by atomic mass is 9.99. The van der Waals surface area contributed by atoms with Gasteiger partial charge >= 0.3 is 5.97 Å². The minimum Gasteiger partial charge on any atom is -0.493 e. The number of rotatable bonds is 4. The highest BCUT2D eigenvalue weighted by Gasteiger charge is 2.48. The number of aliphatic carboxylic acids is 1. The molecule has 1 fully saturated rings. The molecule has 1 aromatic heterocycles. The number of carboxylic acid groups (broad SMARTS) is 1. The SMILES string of the molecule is COc1cc2cc[nH]c2cc1OC1OC(C(=O)O)C(O)C(O)C1O. The Morgan fingerprint density at radius 3 is 2.58 bits per heavy atom. The van der Waals surface area contributed by atoms with E-state index in [0.29, 0.717) is 5.75 Å². The van der Waals surface area contributed by atoms with Crippen LogP contribution in [0.3, 0.4) is 0 Å². The summed E-state index contributed by atoms with van der Waals surface area (Å²) in [5.74, 6) is -0.955. The van der Waals surface area contributed by atoms with E-state index in [2.05, 4.69) is 4.98 Å². The number of hydrogen-bond acceptors (Lipinski definition) is 7. The molecule has 5 N–H and O–H groups in total. The molecular weight excluding hydrogens is 322 g/mol. The van der Waals surface area contributed by atoms with E-state index in [4.69, 9.17) is 19.3 Å². The first kappa shape index (κ1) is 16.5. The van der Waals surface area contributed by atoms with Crippen molar-refractivity contribution < 1.29 is 39.4 Å². The number of methoxy groups -OCH3 is 1. The van der Waals surface area contributed by atoms with E-state index in [9.17, 15) is 20.1 Å². The predicted molar refractivity (Wildman–Crippen MR) is 79.8 cm³/mol. The van der Waals surface area contributed by atoms with Crippen LogP contribution in [0.1, 0.15) is 0 Å². The molecule has 3 rings (SSSR count). The van der Waals surface area contributed by atoms with E-state index in [-0.39, 0.29) is 5.75 Å². The number of carboxylic acids is 1. The Labute approximate surface area is 136 Å². The molecule has 1 aliphatic rings. The van der Waals surface area contributed by atoms with Crippen molar-refractivity contribution in [3.05, 3.63) is 24.4 Å². The largest absolute Gasteiger partial charge is 0.493 e. The lowest BCUT2D eigenvalue weighted by Gasteiger charge is -2.38. The van der Waals surface area contributed by atoms with E-state index in [1.807, 2.05) is 6.07 Å². The molecule has 2 heterocycles. The standard InChI is InChI=1S/C15H17NO8/c1-22-8-4-6-2-3-16-7(6)5-9(8)23-15-12(19)10(17)11(18)13(24-15)14(20)21/h2-5,10-13,15-19H,1H3,(H,20,21). The predicted octanol–water partition coefficient (Wildman–Crippen LogP) is -0.553. The molecule has 0 amide bonds. The Morgan fingerprint density at radius 1 is 1.17 bits per heavy atom. The first-order chi connectivity index (χ1) is 11.4. The fourth-order valence-corrected chi connectivity index (χ4v) is 2.59. The highest BCUT2D eigenvalue weighted by Crippen LogP contribution is 2.34. The van der Waals surface area contributed by atoms with Crippen molar-refractivity contribution in [2.75, 3.05) is 7.11 Å². The Balaban J connectivity index is 1.90. The number of benzene rings is 1. The molecule has 0 aliphatic carbocycles. The number of aliphatic hydroxyl groups excluding tert-OH is 3. The average molecular weight is 339 g/mol. The zero-order valence-corrected chi connectivity index (χ0v) is 12.6. The maximum absolute atomic E-state index is 11.1. The number of aromatic amines is 1. The maximum Gasteiger partial charge on any atom is 0.335 e. The van der Waals surface area contributed by atoms with Crippen molar-refractivity contribution in [3.8, 4) is 11.5 Å². The topological polar surface area (TPSA) is 141 Å². The third-order valence-corrected chi connectivity index (χ3v) is 3.89. The summed E-state index contributed by atoms with van der Waals surface area (Å²) >= 11 is 0. The monoisotopic (exact) mass is 339 g/mol. The summed E-state index contributed by atoms with van der Waals surface area (Å²) < 4.78 is 15.8. The number of aromatic nitrogens is 1. The number of fused-ring (bicyclic) bond motifs is 1. The molecule has 5 atom stereocenters. The number of hydrogen-bond donors (Lipinski definition) is 5. The van der Waals surface area contributed by atoms with E-state index < -0.39 is 36.7 Å². The maximum atomic E-state index is 11.1. The van der Waals surface area contributed by atoms with Gasteiger partial charge in [-0.25, -0.2) is 4.79 Å². The molecule has 0 spiro atoms. The average Bonchev–Trinajstić information content (AvgIpc) is 3.01.